The van der Waals surface area contributed by atoms with Gasteiger partial charge in [0.2, 0.25) is 0 Å². The number of nitrogens with zero attached hydrogens (tertiary/aromatic N) is 4. The molecule has 7 nitrogen and oxygen atoms in total. The zero-order valence-electron chi connectivity index (χ0n) is 14.0. The number of carbonyl (C=O) groups is 1. The van der Waals surface area contributed by atoms with Crippen molar-refractivity contribution < 1.29 is 9.32 Å². The van der Waals surface area contributed by atoms with Gasteiger partial charge in [0.25, 0.3) is 5.91 Å². The number of nitrogens with one attached hydrogen (secondary N) is 1. The van der Waals surface area contributed by atoms with Crippen molar-refractivity contribution in [3.63, 3.8) is 0 Å². The van der Waals surface area contributed by atoms with E-state index in [0.717, 1.165) is 11.3 Å². The first-order valence-electron chi connectivity index (χ1n) is 8.02. The molecule has 0 aliphatic carbocycles. The van der Waals surface area contributed by atoms with Gasteiger partial charge in [0, 0.05) is 11.3 Å². The zero-order valence-corrected chi connectivity index (χ0v) is 14.0. The van der Waals surface area contributed by atoms with Crippen molar-refractivity contribution >= 4 is 11.6 Å². The number of rotatable bonds is 4. The van der Waals surface area contributed by atoms with E-state index in [4.69, 9.17) is 4.52 Å². The van der Waals surface area contributed by atoms with Gasteiger partial charge in [-0.2, -0.15) is 0 Å². The second-order valence-corrected chi connectivity index (χ2v) is 5.69. The maximum Gasteiger partial charge on any atom is 0.261 e. The van der Waals surface area contributed by atoms with Crippen LogP contribution in [0.2, 0.25) is 0 Å². The molecule has 1 N–H and O–H groups in total. The van der Waals surface area contributed by atoms with Crippen LogP contribution in [0.25, 0.3) is 17.0 Å². The maximum atomic E-state index is 12.8. The molecule has 0 radical (unpaired) electrons. The second-order valence-electron chi connectivity index (χ2n) is 5.69. The molecule has 2 aromatic heterocycles. The van der Waals surface area contributed by atoms with Gasteiger partial charge in [-0.25, -0.2) is 4.68 Å². The lowest BCUT2D eigenvalue weighted by Gasteiger charge is -2.07. The lowest BCUT2D eigenvalue weighted by atomic mass is 10.1. The van der Waals surface area contributed by atoms with Crippen LogP contribution in [-0.4, -0.2) is 26.1 Å². The fourth-order valence-corrected chi connectivity index (χ4v) is 2.66. The first kappa shape index (κ1) is 15.8. The first-order chi connectivity index (χ1) is 12.7. The third kappa shape index (κ3) is 2.98. The van der Waals surface area contributed by atoms with Crippen molar-refractivity contribution in [3.8, 4) is 17.0 Å². The van der Waals surface area contributed by atoms with E-state index in [2.05, 4.69) is 20.8 Å². The van der Waals surface area contributed by atoms with Gasteiger partial charge >= 0.3 is 0 Å². The monoisotopic (exact) mass is 345 g/mol. The van der Waals surface area contributed by atoms with E-state index >= 15 is 0 Å². The molecule has 0 unspecified atom stereocenters. The summed E-state index contributed by atoms with van der Waals surface area (Å²) in [6, 6.07) is 16.7. The average Bonchev–Trinajstić information content (AvgIpc) is 3.33. The van der Waals surface area contributed by atoms with Gasteiger partial charge in [-0.3, -0.25) is 4.79 Å². The van der Waals surface area contributed by atoms with Crippen molar-refractivity contribution in [2.45, 2.75) is 6.92 Å². The topological polar surface area (TPSA) is 85.8 Å². The molecule has 128 valence electrons. The molecule has 0 saturated carbocycles. The standard InChI is InChI=1S/C19H15N5O2/c1-13-17(18(26-22-13)14-5-3-2-4-6-14)19(25)21-15-7-9-16(10-8-15)24-12-11-20-23-24/h2-12H,1H3,(H,21,25). The smallest absolute Gasteiger partial charge is 0.261 e. The van der Waals surface area contributed by atoms with Crippen LogP contribution in [0.5, 0.6) is 0 Å². The number of benzene rings is 2. The highest BCUT2D eigenvalue weighted by Crippen LogP contribution is 2.27. The summed E-state index contributed by atoms with van der Waals surface area (Å²) in [6.45, 7) is 1.75. The Morgan fingerprint density at radius 2 is 1.85 bits per heavy atom. The van der Waals surface area contributed by atoms with Crippen LogP contribution in [0, 0.1) is 6.92 Å². The molecule has 1 amide bonds. The van der Waals surface area contributed by atoms with Gasteiger partial charge in [0.05, 0.1) is 23.8 Å². The summed E-state index contributed by atoms with van der Waals surface area (Å²) in [5.41, 5.74) is 3.29. The molecule has 0 spiro atoms. The predicted octanol–water partition coefficient (Wildman–Crippen LogP) is 3.48. The van der Waals surface area contributed by atoms with Crippen LogP contribution >= 0.6 is 0 Å². The fourth-order valence-electron chi connectivity index (χ4n) is 2.66. The molecule has 0 bridgehead atoms. The third-order valence-corrected chi connectivity index (χ3v) is 3.94. The van der Waals surface area contributed by atoms with E-state index in [1.807, 2.05) is 42.5 Å². The predicted molar refractivity (Wildman–Crippen MR) is 96.0 cm³/mol. The highest BCUT2D eigenvalue weighted by Gasteiger charge is 2.21. The van der Waals surface area contributed by atoms with Crippen LogP contribution in [0.15, 0.2) is 71.5 Å². The lowest BCUT2D eigenvalue weighted by molar-refractivity contribution is 0.102. The minimum absolute atomic E-state index is 0.267. The Morgan fingerprint density at radius 1 is 1.08 bits per heavy atom. The average molecular weight is 345 g/mol. The summed E-state index contributed by atoms with van der Waals surface area (Å²) >= 11 is 0. The summed E-state index contributed by atoms with van der Waals surface area (Å²) in [5, 5.41) is 14.5. The quantitative estimate of drug-likeness (QED) is 0.612. The number of hydrogen-bond donors (Lipinski definition) is 1. The van der Waals surface area contributed by atoms with Gasteiger partial charge in [-0.05, 0) is 31.2 Å². The molecule has 2 heterocycles. The summed E-state index contributed by atoms with van der Waals surface area (Å²) in [5.74, 6) is 0.191. The normalized spacial score (nSPS) is 10.7. The molecule has 7 heteroatoms. The van der Waals surface area contributed by atoms with Gasteiger partial charge in [-0.1, -0.05) is 40.7 Å². The van der Waals surface area contributed by atoms with E-state index in [-0.39, 0.29) is 5.91 Å². The Kier molecular flexibility index (Phi) is 4.03. The Labute approximate surface area is 149 Å². The fraction of sp³-hybridized carbons (Fsp3) is 0.0526. The molecule has 0 fully saturated rings. The van der Waals surface area contributed by atoms with Crippen LogP contribution in [-0.2, 0) is 0 Å². The van der Waals surface area contributed by atoms with E-state index in [1.165, 1.54) is 0 Å². The molecule has 4 aromatic rings. The van der Waals surface area contributed by atoms with E-state index < -0.39 is 0 Å². The Balaban J connectivity index is 1.58. The minimum atomic E-state index is -0.267. The summed E-state index contributed by atoms with van der Waals surface area (Å²) in [4.78, 5) is 12.8. The Bertz CT molecular complexity index is 1020. The van der Waals surface area contributed by atoms with Crippen molar-refractivity contribution in [3.05, 3.63) is 78.2 Å². The SMILES string of the molecule is Cc1noc(-c2ccccc2)c1C(=O)Nc1ccc(-n2ccnn2)cc1. The second kappa shape index (κ2) is 6.64. The number of hydrogen-bond acceptors (Lipinski definition) is 5. The van der Waals surface area contributed by atoms with Crippen molar-refractivity contribution in [2.75, 3.05) is 5.32 Å². The van der Waals surface area contributed by atoms with Crippen LogP contribution < -0.4 is 5.32 Å². The van der Waals surface area contributed by atoms with E-state index in [0.29, 0.717) is 22.7 Å². The Morgan fingerprint density at radius 3 is 2.54 bits per heavy atom. The van der Waals surface area contributed by atoms with Gasteiger partial charge < -0.3 is 9.84 Å². The molecule has 4 rings (SSSR count). The van der Waals surface area contributed by atoms with Crippen LogP contribution in [0.1, 0.15) is 16.1 Å². The number of carbonyl (C=O) groups excluding carboxylic acids is 1. The maximum absolute atomic E-state index is 12.8. The summed E-state index contributed by atoms with van der Waals surface area (Å²) < 4.78 is 7.02. The highest BCUT2D eigenvalue weighted by atomic mass is 16.5. The molecule has 2 aromatic carbocycles. The van der Waals surface area contributed by atoms with Gasteiger partial charge in [0.15, 0.2) is 5.76 Å². The largest absolute Gasteiger partial charge is 0.355 e. The van der Waals surface area contributed by atoms with Crippen LogP contribution in [0.3, 0.4) is 0 Å². The van der Waals surface area contributed by atoms with Gasteiger partial charge in [0.1, 0.15) is 5.56 Å². The molecule has 0 aliphatic rings. The zero-order chi connectivity index (χ0) is 17.9. The first-order valence-corrected chi connectivity index (χ1v) is 8.02. The molecule has 0 saturated heterocycles. The molecule has 0 atom stereocenters. The Hall–Kier alpha value is -3.74. The molecule has 0 aliphatic heterocycles. The molecule has 26 heavy (non-hydrogen) atoms. The summed E-state index contributed by atoms with van der Waals surface area (Å²) in [6.07, 6.45) is 3.36. The number of anilines is 1. The highest BCUT2D eigenvalue weighted by molar-refractivity contribution is 6.08. The summed E-state index contributed by atoms with van der Waals surface area (Å²) in [7, 11) is 0. The molecular weight excluding hydrogens is 330 g/mol. The van der Waals surface area contributed by atoms with E-state index in [9.17, 15) is 4.79 Å². The minimum Gasteiger partial charge on any atom is -0.355 e. The van der Waals surface area contributed by atoms with Crippen molar-refractivity contribution in [1.82, 2.24) is 20.2 Å². The lowest BCUT2D eigenvalue weighted by Crippen LogP contribution is -2.13. The van der Waals surface area contributed by atoms with Crippen molar-refractivity contribution in [2.24, 2.45) is 0 Å². The van der Waals surface area contributed by atoms with Crippen LogP contribution in [0.4, 0.5) is 5.69 Å². The number of aromatic nitrogens is 4. The number of aryl methyl sites for hydroxylation is 1. The third-order valence-electron chi connectivity index (χ3n) is 3.94. The van der Waals surface area contributed by atoms with Crippen molar-refractivity contribution in [1.29, 1.82) is 0 Å². The van der Waals surface area contributed by atoms with E-state index in [1.54, 1.807) is 36.1 Å². The molecular formula is C19H15N5O2. The van der Waals surface area contributed by atoms with Gasteiger partial charge in [-0.15, -0.1) is 5.10 Å². The number of amides is 1.